The highest BCUT2D eigenvalue weighted by Crippen LogP contribution is 2.26. The minimum absolute atomic E-state index is 0.253. The molecule has 0 spiro atoms. The zero-order valence-corrected chi connectivity index (χ0v) is 20.5. The Hall–Kier alpha value is -3.98. The predicted molar refractivity (Wildman–Crippen MR) is 136 cm³/mol. The molecular weight excluding hydrogens is 464 g/mol. The predicted octanol–water partition coefficient (Wildman–Crippen LogP) is 4.32. The van der Waals surface area contributed by atoms with E-state index in [1.54, 1.807) is 20.1 Å². The van der Waals surface area contributed by atoms with Gasteiger partial charge in [-0.15, -0.1) is 11.3 Å². The summed E-state index contributed by atoms with van der Waals surface area (Å²) in [5.41, 5.74) is 2.78. The average molecular weight is 491 g/mol. The molecule has 0 aliphatic rings. The number of nitrogens with zero attached hydrogens (tertiary/aromatic N) is 3. The molecule has 8 nitrogen and oxygen atoms in total. The van der Waals surface area contributed by atoms with Crippen LogP contribution in [0.1, 0.15) is 25.6 Å². The fraction of sp³-hybridized carbons (Fsp3) is 0.231. The Morgan fingerprint density at radius 1 is 1.03 bits per heavy atom. The van der Waals surface area contributed by atoms with E-state index in [1.807, 2.05) is 60.8 Å². The minimum Gasteiger partial charge on any atom is -0.497 e. The van der Waals surface area contributed by atoms with Crippen LogP contribution in [0.15, 0.2) is 70.8 Å². The van der Waals surface area contributed by atoms with E-state index in [1.165, 1.54) is 22.1 Å². The van der Waals surface area contributed by atoms with Gasteiger partial charge in [-0.1, -0.05) is 0 Å². The van der Waals surface area contributed by atoms with Gasteiger partial charge in [0.05, 0.1) is 31.6 Å². The van der Waals surface area contributed by atoms with Gasteiger partial charge in [0.15, 0.2) is 0 Å². The Morgan fingerprint density at radius 2 is 1.71 bits per heavy atom. The number of carbonyl (C=O) groups is 1. The highest BCUT2D eigenvalue weighted by molar-refractivity contribution is 7.13. The van der Waals surface area contributed by atoms with Crippen LogP contribution in [0.4, 0.5) is 0 Å². The van der Waals surface area contributed by atoms with E-state index in [9.17, 15) is 9.59 Å². The van der Waals surface area contributed by atoms with Crippen molar-refractivity contribution in [1.82, 2.24) is 20.1 Å². The van der Waals surface area contributed by atoms with E-state index in [-0.39, 0.29) is 18.0 Å². The first-order valence-corrected chi connectivity index (χ1v) is 12.1. The summed E-state index contributed by atoms with van der Waals surface area (Å²) >= 11 is 1.50. The third kappa shape index (κ3) is 5.75. The Morgan fingerprint density at radius 3 is 2.40 bits per heavy atom. The third-order valence-corrected chi connectivity index (χ3v) is 6.31. The average Bonchev–Trinajstić information content (AvgIpc) is 3.37. The number of carbonyl (C=O) groups excluding carboxylic acids is 1. The molecule has 2 heterocycles. The smallest absolute Gasteiger partial charge is 0.267 e. The normalized spacial score (nSPS) is 11.6. The fourth-order valence-electron chi connectivity index (χ4n) is 3.44. The summed E-state index contributed by atoms with van der Waals surface area (Å²) in [7, 11) is 1.63. The molecule has 4 aromatic rings. The molecule has 1 N–H and O–H groups in total. The second-order valence-corrected chi connectivity index (χ2v) is 8.58. The molecule has 0 aliphatic heterocycles. The lowest BCUT2D eigenvalue weighted by atomic mass is 10.1. The summed E-state index contributed by atoms with van der Waals surface area (Å²) in [6.45, 7) is 4.41. The van der Waals surface area contributed by atoms with Crippen LogP contribution >= 0.6 is 11.3 Å². The molecule has 1 amide bonds. The molecule has 1 atom stereocenters. The van der Waals surface area contributed by atoms with Crippen molar-refractivity contribution in [2.45, 2.75) is 26.4 Å². The number of thiazole rings is 1. The van der Waals surface area contributed by atoms with E-state index < -0.39 is 6.04 Å². The molecule has 0 fully saturated rings. The standard InChI is InChI=1S/C26H26N4O4S/c1-4-34-22-11-5-18(6-12-22)23-13-14-24(31)30(29-23)17(2)25(32)27-15-20-16-35-26(28-20)19-7-9-21(33-3)10-8-19/h5-14,16-17H,4,15H2,1-3H3,(H,27,32). The Balaban J connectivity index is 1.42. The van der Waals surface area contributed by atoms with Crippen molar-refractivity contribution in [3.8, 4) is 33.3 Å². The van der Waals surface area contributed by atoms with Crippen LogP contribution in [0.3, 0.4) is 0 Å². The quantitative estimate of drug-likeness (QED) is 0.376. The third-order valence-electron chi connectivity index (χ3n) is 5.36. The van der Waals surface area contributed by atoms with E-state index in [0.717, 1.165) is 33.3 Å². The van der Waals surface area contributed by atoms with Crippen molar-refractivity contribution < 1.29 is 14.3 Å². The Bertz CT molecular complexity index is 1350. The molecule has 35 heavy (non-hydrogen) atoms. The van der Waals surface area contributed by atoms with Crippen molar-refractivity contribution in [1.29, 1.82) is 0 Å². The van der Waals surface area contributed by atoms with Crippen LogP contribution in [-0.2, 0) is 11.3 Å². The van der Waals surface area contributed by atoms with Crippen LogP contribution < -0.4 is 20.3 Å². The summed E-state index contributed by atoms with van der Waals surface area (Å²) in [5.74, 6) is 1.22. The van der Waals surface area contributed by atoms with Gasteiger partial charge in [0.2, 0.25) is 5.91 Å². The zero-order chi connectivity index (χ0) is 24.8. The van der Waals surface area contributed by atoms with E-state index >= 15 is 0 Å². The van der Waals surface area contributed by atoms with Gasteiger partial charge >= 0.3 is 0 Å². The number of ether oxygens (including phenoxy) is 2. The second kappa shape index (κ2) is 11.0. The molecule has 2 aromatic heterocycles. The lowest BCUT2D eigenvalue weighted by molar-refractivity contribution is -0.124. The van der Waals surface area contributed by atoms with Gasteiger partial charge in [-0.25, -0.2) is 9.67 Å². The van der Waals surface area contributed by atoms with Gasteiger partial charge in [0.1, 0.15) is 22.5 Å². The van der Waals surface area contributed by atoms with Gasteiger partial charge in [0, 0.05) is 22.6 Å². The lowest BCUT2D eigenvalue weighted by Gasteiger charge is -2.14. The first-order chi connectivity index (χ1) is 17.0. The molecule has 0 aliphatic carbocycles. The van der Waals surface area contributed by atoms with Crippen molar-refractivity contribution in [2.24, 2.45) is 0 Å². The largest absolute Gasteiger partial charge is 0.497 e. The monoisotopic (exact) mass is 490 g/mol. The number of amides is 1. The van der Waals surface area contributed by atoms with Crippen LogP contribution in [0.25, 0.3) is 21.8 Å². The molecule has 180 valence electrons. The molecule has 4 rings (SSSR count). The fourth-order valence-corrected chi connectivity index (χ4v) is 4.26. The van der Waals surface area contributed by atoms with Crippen LogP contribution in [-0.4, -0.2) is 34.4 Å². The van der Waals surface area contributed by atoms with Crippen molar-refractivity contribution >= 4 is 17.2 Å². The number of methoxy groups -OCH3 is 1. The summed E-state index contributed by atoms with van der Waals surface area (Å²) in [6, 6.07) is 17.4. The van der Waals surface area contributed by atoms with Crippen molar-refractivity contribution in [3.05, 3.63) is 82.1 Å². The van der Waals surface area contributed by atoms with E-state index in [4.69, 9.17) is 9.47 Å². The molecule has 9 heteroatoms. The molecule has 1 unspecified atom stereocenters. The summed E-state index contributed by atoms with van der Waals surface area (Å²) in [6.07, 6.45) is 0. The highest BCUT2D eigenvalue weighted by Gasteiger charge is 2.18. The molecular formula is C26H26N4O4S. The number of nitrogens with one attached hydrogen (secondary N) is 1. The first-order valence-electron chi connectivity index (χ1n) is 11.2. The number of hydrogen-bond acceptors (Lipinski definition) is 7. The van der Waals surface area contributed by atoms with Crippen LogP contribution in [0.2, 0.25) is 0 Å². The maximum absolute atomic E-state index is 12.8. The SMILES string of the molecule is CCOc1ccc(-c2ccc(=O)n(C(C)C(=O)NCc3csc(-c4ccc(OC)cc4)n3)n2)cc1. The van der Waals surface area contributed by atoms with E-state index in [0.29, 0.717) is 12.3 Å². The zero-order valence-electron chi connectivity index (χ0n) is 19.7. The van der Waals surface area contributed by atoms with Gasteiger partial charge in [0.25, 0.3) is 5.56 Å². The van der Waals surface area contributed by atoms with Gasteiger partial charge in [-0.05, 0) is 68.4 Å². The lowest BCUT2D eigenvalue weighted by Crippen LogP contribution is -2.36. The molecule has 0 bridgehead atoms. The van der Waals surface area contributed by atoms with Crippen LogP contribution in [0, 0.1) is 0 Å². The van der Waals surface area contributed by atoms with Gasteiger partial charge < -0.3 is 14.8 Å². The molecule has 0 radical (unpaired) electrons. The number of rotatable bonds is 9. The highest BCUT2D eigenvalue weighted by atomic mass is 32.1. The Kier molecular flexibility index (Phi) is 7.57. The molecule has 0 saturated heterocycles. The van der Waals surface area contributed by atoms with Gasteiger partial charge in [-0.3, -0.25) is 9.59 Å². The summed E-state index contributed by atoms with van der Waals surface area (Å²) < 4.78 is 11.9. The topological polar surface area (TPSA) is 95.3 Å². The molecule has 2 aromatic carbocycles. The number of aromatic nitrogens is 3. The Labute approximate surface area is 207 Å². The first kappa shape index (κ1) is 24.2. The number of hydrogen-bond donors (Lipinski definition) is 1. The van der Waals surface area contributed by atoms with Crippen molar-refractivity contribution in [3.63, 3.8) is 0 Å². The summed E-state index contributed by atoms with van der Waals surface area (Å²) in [4.78, 5) is 29.9. The minimum atomic E-state index is -0.787. The number of benzene rings is 2. The molecule has 0 saturated carbocycles. The summed E-state index contributed by atoms with van der Waals surface area (Å²) in [5, 5.41) is 10.0. The van der Waals surface area contributed by atoms with Crippen molar-refractivity contribution in [2.75, 3.05) is 13.7 Å². The second-order valence-electron chi connectivity index (χ2n) is 7.73. The van der Waals surface area contributed by atoms with E-state index in [2.05, 4.69) is 15.4 Å². The maximum Gasteiger partial charge on any atom is 0.267 e. The van der Waals surface area contributed by atoms with Gasteiger partial charge in [-0.2, -0.15) is 5.10 Å². The maximum atomic E-state index is 12.8. The van der Waals surface area contributed by atoms with Crippen LogP contribution in [0.5, 0.6) is 11.5 Å².